The van der Waals surface area contributed by atoms with Gasteiger partial charge in [-0.1, -0.05) is 39.0 Å². The SMILES string of the molecule is CC(C)CN(Cc1ccccc1C#N)CC(C)C(=O)O. The van der Waals surface area contributed by atoms with Crippen molar-refractivity contribution in [2.45, 2.75) is 27.3 Å². The highest BCUT2D eigenvalue weighted by Crippen LogP contribution is 2.14. The molecule has 1 atom stereocenters. The van der Waals surface area contributed by atoms with Crippen molar-refractivity contribution in [3.05, 3.63) is 35.4 Å². The van der Waals surface area contributed by atoms with E-state index >= 15 is 0 Å². The van der Waals surface area contributed by atoms with Gasteiger partial charge in [-0.2, -0.15) is 5.26 Å². The zero-order chi connectivity index (χ0) is 15.1. The van der Waals surface area contributed by atoms with E-state index in [0.29, 0.717) is 24.6 Å². The van der Waals surface area contributed by atoms with Crippen LogP contribution in [-0.4, -0.2) is 29.1 Å². The quantitative estimate of drug-likeness (QED) is 0.830. The predicted octanol–water partition coefficient (Wildman–Crippen LogP) is 2.74. The molecule has 0 aliphatic carbocycles. The molecule has 1 aromatic carbocycles. The molecule has 0 saturated heterocycles. The maximum atomic E-state index is 11.0. The predicted molar refractivity (Wildman–Crippen MR) is 78.1 cm³/mol. The van der Waals surface area contributed by atoms with Crippen LogP contribution in [0, 0.1) is 23.2 Å². The Morgan fingerprint density at radius 2 is 1.95 bits per heavy atom. The molecule has 1 rings (SSSR count). The van der Waals surface area contributed by atoms with Crippen LogP contribution >= 0.6 is 0 Å². The molecule has 0 spiro atoms. The number of benzene rings is 1. The minimum Gasteiger partial charge on any atom is -0.481 e. The number of carboxylic acids is 1. The molecular weight excluding hydrogens is 252 g/mol. The number of rotatable bonds is 7. The Labute approximate surface area is 120 Å². The molecule has 108 valence electrons. The first-order valence-corrected chi connectivity index (χ1v) is 6.87. The third kappa shape index (κ3) is 5.02. The first kappa shape index (κ1) is 16.2. The average molecular weight is 274 g/mol. The van der Waals surface area contributed by atoms with Gasteiger partial charge in [-0.3, -0.25) is 9.69 Å². The lowest BCUT2D eigenvalue weighted by Gasteiger charge is -2.26. The van der Waals surface area contributed by atoms with E-state index in [1.165, 1.54) is 0 Å². The maximum absolute atomic E-state index is 11.0. The van der Waals surface area contributed by atoms with Crippen molar-refractivity contribution in [2.24, 2.45) is 11.8 Å². The Morgan fingerprint density at radius 1 is 1.30 bits per heavy atom. The number of nitrogens with zero attached hydrogens (tertiary/aromatic N) is 2. The summed E-state index contributed by atoms with van der Waals surface area (Å²) in [6, 6.07) is 9.66. The summed E-state index contributed by atoms with van der Waals surface area (Å²) in [7, 11) is 0. The van der Waals surface area contributed by atoms with E-state index < -0.39 is 11.9 Å². The van der Waals surface area contributed by atoms with Gasteiger partial charge >= 0.3 is 5.97 Å². The fourth-order valence-corrected chi connectivity index (χ4v) is 2.19. The van der Waals surface area contributed by atoms with E-state index in [1.807, 2.05) is 18.2 Å². The van der Waals surface area contributed by atoms with Gasteiger partial charge in [0.15, 0.2) is 0 Å². The summed E-state index contributed by atoms with van der Waals surface area (Å²) in [6.45, 7) is 7.85. The number of hydrogen-bond donors (Lipinski definition) is 1. The summed E-state index contributed by atoms with van der Waals surface area (Å²) in [5, 5.41) is 18.2. The molecule has 0 saturated carbocycles. The molecule has 0 heterocycles. The molecule has 1 aromatic rings. The van der Waals surface area contributed by atoms with Crippen LogP contribution in [0.25, 0.3) is 0 Å². The third-order valence-corrected chi connectivity index (χ3v) is 3.11. The third-order valence-electron chi connectivity index (χ3n) is 3.11. The van der Waals surface area contributed by atoms with E-state index in [-0.39, 0.29) is 0 Å². The van der Waals surface area contributed by atoms with Gasteiger partial charge in [-0.15, -0.1) is 0 Å². The molecule has 20 heavy (non-hydrogen) atoms. The number of hydrogen-bond acceptors (Lipinski definition) is 3. The minimum absolute atomic E-state index is 0.414. The number of nitriles is 1. The van der Waals surface area contributed by atoms with Crippen molar-refractivity contribution >= 4 is 5.97 Å². The van der Waals surface area contributed by atoms with Gasteiger partial charge in [0.2, 0.25) is 0 Å². The van der Waals surface area contributed by atoms with Gasteiger partial charge in [0, 0.05) is 19.6 Å². The molecule has 4 nitrogen and oxygen atoms in total. The highest BCUT2D eigenvalue weighted by molar-refractivity contribution is 5.69. The molecule has 0 bridgehead atoms. The fourth-order valence-electron chi connectivity index (χ4n) is 2.19. The van der Waals surface area contributed by atoms with E-state index in [2.05, 4.69) is 24.8 Å². The summed E-state index contributed by atoms with van der Waals surface area (Å²) < 4.78 is 0. The normalized spacial score (nSPS) is 12.4. The van der Waals surface area contributed by atoms with Gasteiger partial charge in [0.05, 0.1) is 17.6 Å². The standard InChI is InChI=1S/C16H22N2O2/c1-12(2)9-18(10-13(3)16(19)20)11-15-7-5-4-6-14(15)8-17/h4-7,12-13H,9-11H2,1-3H3,(H,19,20). The van der Waals surface area contributed by atoms with Crippen LogP contribution in [0.5, 0.6) is 0 Å². The monoisotopic (exact) mass is 274 g/mol. The van der Waals surface area contributed by atoms with Crippen molar-refractivity contribution in [1.29, 1.82) is 5.26 Å². The number of carboxylic acid groups (broad SMARTS) is 1. The van der Waals surface area contributed by atoms with Gasteiger partial charge < -0.3 is 5.11 Å². The summed E-state index contributed by atoms with van der Waals surface area (Å²) in [6.07, 6.45) is 0. The van der Waals surface area contributed by atoms with Crippen LogP contribution in [0.2, 0.25) is 0 Å². The molecule has 0 aliphatic rings. The van der Waals surface area contributed by atoms with Crippen molar-refractivity contribution in [2.75, 3.05) is 13.1 Å². The molecule has 0 fully saturated rings. The van der Waals surface area contributed by atoms with Crippen molar-refractivity contribution in [1.82, 2.24) is 4.90 Å². The summed E-state index contributed by atoms with van der Waals surface area (Å²) in [4.78, 5) is 13.1. The zero-order valence-electron chi connectivity index (χ0n) is 12.3. The van der Waals surface area contributed by atoms with Crippen LogP contribution in [-0.2, 0) is 11.3 Å². The summed E-state index contributed by atoms with van der Waals surface area (Å²) in [5.41, 5.74) is 1.61. The van der Waals surface area contributed by atoms with E-state index in [1.54, 1.807) is 13.0 Å². The number of carbonyl (C=O) groups is 1. The summed E-state index contributed by atoms with van der Waals surface area (Å²) >= 11 is 0. The highest BCUT2D eigenvalue weighted by Gasteiger charge is 2.18. The lowest BCUT2D eigenvalue weighted by Crippen LogP contribution is -2.34. The molecule has 0 amide bonds. The maximum Gasteiger partial charge on any atom is 0.307 e. The number of aliphatic carboxylic acids is 1. The fraction of sp³-hybridized carbons (Fsp3) is 0.500. The largest absolute Gasteiger partial charge is 0.481 e. The Kier molecular flexibility index (Phi) is 6.20. The first-order valence-electron chi connectivity index (χ1n) is 6.87. The molecular formula is C16H22N2O2. The highest BCUT2D eigenvalue weighted by atomic mass is 16.4. The molecule has 1 N–H and O–H groups in total. The van der Waals surface area contributed by atoms with E-state index in [4.69, 9.17) is 10.4 Å². The molecule has 0 radical (unpaired) electrons. The van der Waals surface area contributed by atoms with Gasteiger partial charge in [-0.05, 0) is 17.5 Å². The minimum atomic E-state index is -0.785. The van der Waals surface area contributed by atoms with Gasteiger partial charge in [0.1, 0.15) is 0 Å². The smallest absolute Gasteiger partial charge is 0.307 e. The molecule has 4 heteroatoms. The van der Waals surface area contributed by atoms with Gasteiger partial charge in [-0.25, -0.2) is 0 Å². The molecule has 0 aliphatic heterocycles. The molecule has 1 unspecified atom stereocenters. The van der Waals surface area contributed by atoms with E-state index in [9.17, 15) is 4.79 Å². The second kappa shape index (κ2) is 7.66. The second-order valence-electron chi connectivity index (χ2n) is 5.60. The first-order chi connectivity index (χ1) is 9.43. The van der Waals surface area contributed by atoms with Crippen molar-refractivity contribution < 1.29 is 9.90 Å². The van der Waals surface area contributed by atoms with E-state index in [0.717, 1.165) is 12.1 Å². The Balaban J connectivity index is 2.84. The van der Waals surface area contributed by atoms with Crippen LogP contribution in [0.15, 0.2) is 24.3 Å². The van der Waals surface area contributed by atoms with Crippen LogP contribution < -0.4 is 0 Å². The molecule has 0 aromatic heterocycles. The Bertz CT molecular complexity index is 491. The Hall–Kier alpha value is -1.86. The van der Waals surface area contributed by atoms with Gasteiger partial charge in [0.25, 0.3) is 0 Å². The summed E-state index contributed by atoms with van der Waals surface area (Å²) in [5.74, 6) is -0.749. The Morgan fingerprint density at radius 3 is 2.50 bits per heavy atom. The topological polar surface area (TPSA) is 64.3 Å². The average Bonchev–Trinajstić information content (AvgIpc) is 2.38. The van der Waals surface area contributed by atoms with Crippen LogP contribution in [0.1, 0.15) is 31.9 Å². The second-order valence-corrected chi connectivity index (χ2v) is 5.60. The van der Waals surface area contributed by atoms with Crippen molar-refractivity contribution in [3.63, 3.8) is 0 Å². The lowest BCUT2D eigenvalue weighted by atomic mass is 10.1. The zero-order valence-corrected chi connectivity index (χ0v) is 12.3. The van der Waals surface area contributed by atoms with Crippen LogP contribution in [0.3, 0.4) is 0 Å². The van der Waals surface area contributed by atoms with Crippen LogP contribution in [0.4, 0.5) is 0 Å². The lowest BCUT2D eigenvalue weighted by molar-refractivity contribution is -0.141. The van der Waals surface area contributed by atoms with Crippen molar-refractivity contribution in [3.8, 4) is 6.07 Å².